The van der Waals surface area contributed by atoms with E-state index in [0.717, 1.165) is 22.3 Å². The Morgan fingerprint density at radius 1 is 1.03 bits per heavy atom. The Hall–Kier alpha value is -3.36. The third-order valence-corrected chi connectivity index (χ3v) is 6.31. The molecule has 3 aromatic rings. The molecule has 1 unspecified atom stereocenters. The van der Waals surface area contributed by atoms with Gasteiger partial charge in [0, 0.05) is 23.8 Å². The van der Waals surface area contributed by atoms with Crippen LogP contribution in [-0.2, 0) is 6.54 Å². The Morgan fingerprint density at radius 2 is 1.74 bits per heavy atom. The third kappa shape index (κ3) is 4.78. The van der Waals surface area contributed by atoms with Crippen LogP contribution < -0.4 is 0 Å². The first-order valence-electron chi connectivity index (χ1n) is 11.6. The molecule has 180 valence electrons. The number of tetrazole rings is 1. The lowest BCUT2D eigenvalue weighted by Gasteiger charge is -2.30. The highest BCUT2D eigenvalue weighted by Gasteiger charge is 2.46. The molecule has 1 aliphatic heterocycles. The molecule has 1 aromatic heterocycles. The van der Waals surface area contributed by atoms with E-state index in [1.165, 1.54) is 4.90 Å². The third-order valence-electron chi connectivity index (χ3n) is 6.31. The van der Waals surface area contributed by atoms with Gasteiger partial charge < -0.3 is 9.80 Å². The van der Waals surface area contributed by atoms with Gasteiger partial charge in [0.25, 0.3) is 0 Å². The van der Waals surface area contributed by atoms with Crippen LogP contribution in [-0.4, -0.2) is 49.3 Å². The zero-order valence-electron chi connectivity index (χ0n) is 19.6. The first kappa shape index (κ1) is 23.8. The molecule has 1 aliphatic rings. The molecule has 0 bridgehead atoms. The van der Waals surface area contributed by atoms with Gasteiger partial charge in [-0.05, 0) is 46.9 Å². The normalized spacial score (nSPS) is 15.4. The van der Waals surface area contributed by atoms with Crippen LogP contribution in [0.1, 0.15) is 45.6 Å². The number of allylic oxidation sites excluding steroid dienone is 2. The highest BCUT2D eigenvalue weighted by atomic mass is 19.4. The molecule has 0 fully saturated rings. The number of alkyl halides is 3. The Bertz CT molecular complexity index is 1120. The molecule has 34 heavy (non-hydrogen) atoms. The summed E-state index contributed by atoms with van der Waals surface area (Å²) in [6.07, 6.45) is -2.65. The smallest absolute Gasteiger partial charge is 0.351 e. The van der Waals surface area contributed by atoms with Crippen molar-refractivity contribution in [1.29, 1.82) is 0 Å². The minimum absolute atomic E-state index is 0.182. The van der Waals surface area contributed by atoms with Crippen LogP contribution in [0.2, 0.25) is 0 Å². The summed E-state index contributed by atoms with van der Waals surface area (Å²) in [6.45, 7) is 6.38. The molecule has 0 radical (unpaired) electrons. The van der Waals surface area contributed by atoms with Crippen LogP contribution in [0.4, 0.5) is 13.2 Å². The Morgan fingerprint density at radius 3 is 2.32 bits per heavy atom. The second-order valence-corrected chi connectivity index (χ2v) is 8.60. The van der Waals surface area contributed by atoms with Crippen LogP contribution in [0.25, 0.3) is 22.5 Å². The largest absolute Gasteiger partial charge is 0.432 e. The summed E-state index contributed by atoms with van der Waals surface area (Å²) in [7, 11) is 0. The maximum atomic E-state index is 14.0. The van der Waals surface area contributed by atoms with Gasteiger partial charge in [0.15, 0.2) is 5.82 Å². The van der Waals surface area contributed by atoms with E-state index in [4.69, 9.17) is 0 Å². The highest BCUT2D eigenvalue weighted by Crippen LogP contribution is 2.41. The minimum Gasteiger partial charge on any atom is -0.351 e. The second-order valence-electron chi connectivity index (χ2n) is 8.60. The first-order valence-corrected chi connectivity index (χ1v) is 11.6. The molecule has 0 aliphatic carbocycles. The van der Waals surface area contributed by atoms with Crippen molar-refractivity contribution in [3.05, 3.63) is 65.5 Å². The number of aromatic amines is 1. The first-order chi connectivity index (χ1) is 16.3. The quantitative estimate of drug-likeness (QED) is 0.439. The summed E-state index contributed by atoms with van der Waals surface area (Å²) in [4.78, 5) is 3.39. The second kappa shape index (κ2) is 9.87. The lowest BCUT2D eigenvalue weighted by Crippen LogP contribution is -2.37. The van der Waals surface area contributed by atoms with Gasteiger partial charge in [-0.3, -0.25) is 0 Å². The number of hydrogen-bond donors (Lipinski definition) is 1. The number of nitrogens with zero attached hydrogens (tertiary/aromatic N) is 5. The van der Waals surface area contributed by atoms with Crippen molar-refractivity contribution >= 4 is 0 Å². The zero-order chi connectivity index (χ0) is 24.3. The molecule has 2 heterocycles. The fourth-order valence-electron chi connectivity index (χ4n) is 4.45. The average Bonchev–Trinajstić information content (AvgIpc) is 3.48. The van der Waals surface area contributed by atoms with Gasteiger partial charge >= 0.3 is 6.18 Å². The molecule has 1 atom stereocenters. The minimum atomic E-state index is -4.37. The lowest BCUT2D eigenvalue weighted by molar-refractivity contribution is -0.113. The van der Waals surface area contributed by atoms with Gasteiger partial charge in [-0.15, -0.1) is 5.10 Å². The van der Waals surface area contributed by atoms with Crippen LogP contribution in [0.15, 0.2) is 59.9 Å². The van der Waals surface area contributed by atoms with Crippen molar-refractivity contribution < 1.29 is 13.2 Å². The number of H-pyrrole nitrogens is 1. The molecule has 0 amide bonds. The van der Waals surface area contributed by atoms with E-state index in [1.54, 1.807) is 0 Å². The van der Waals surface area contributed by atoms with E-state index in [0.29, 0.717) is 37.3 Å². The van der Waals surface area contributed by atoms with Crippen molar-refractivity contribution in [3.8, 4) is 22.5 Å². The number of rotatable bonds is 8. The Balaban J connectivity index is 1.61. The van der Waals surface area contributed by atoms with E-state index in [2.05, 4.69) is 20.6 Å². The number of hydrogen-bond acceptors (Lipinski definition) is 5. The molecule has 0 spiro atoms. The van der Waals surface area contributed by atoms with E-state index >= 15 is 0 Å². The fourth-order valence-corrected chi connectivity index (χ4v) is 4.45. The van der Waals surface area contributed by atoms with Crippen molar-refractivity contribution in [1.82, 2.24) is 30.4 Å². The van der Waals surface area contributed by atoms with Gasteiger partial charge in [0.05, 0.1) is 6.67 Å². The highest BCUT2D eigenvalue weighted by molar-refractivity contribution is 5.80. The predicted octanol–water partition coefficient (Wildman–Crippen LogP) is 5.98. The summed E-state index contributed by atoms with van der Waals surface area (Å²) >= 11 is 0. The van der Waals surface area contributed by atoms with Crippen LogP contribution in [0.3, 0.4) is 0 Å². The van der Waals surface area contributed by atoms with E-state index < -0.39 is 11.9 Å². The topological polar surface area (TPSA) is 60.9 Å². The van der Waals surface area contributed by atoms with Gasteiger partial charge in [-0.25, -0.2) is 5.10 Å². The van der Waals surface area contributed by atoms with Crippen LogP contribution >= 0.6 is 0 Å². The Kier molecular flexibility index (Phi) is 6.90. The number of halogens is 3. The molecule has 0 saturated heterocycles. The van der Waals surface area contributed by atoms with Crippen LogP contribution in [0.5, 0.6) is 0 Å². The Labute approximate surface area is 197 Å². The van der Waals surface area contributed by atoms with Crippen molar-refractivity contribution in [3.63, 3.8) is 0 Å². The number of nitrogens with one attached hydrogen (secondary N) is 1. The predicted molar refractivity (Wildman–Crippen MR) is 125 cm³/mol. The summed E-state index contributed by atoms with van der Waals surface area (Å²) in [6, 6.07) is 15.6. The number of aromatic nitrogens is 4. The van der Waals surface area contributed by atoms with Crippen LogP contribution in [0, 0.1) is 0 Å². The summed E-state index contributed by atoms with van der Waals surface area (Å²) in [5.74, 6) is 0.580. The molecule has 9 heteroatoms. The maximum Gasteiger partial charge on any atom is 0.432 e. The maximum absolute atomic E-state index is 14.0. The van der Waals surface area contributed by atoms with Crippen molar-refractivity contribution in [2.75, 3.05) is 6.67 Å². The van der Waals surface area contributed by atoms with Crippen molar-refractivity contribution in [2.24, 2.45) is 0 Å². The fraction of sp³-hybridized carbons (Fsp3) is 0.400. The molecule has 6 nitrogen and oxygen atoms in total. The molecule has 1 N–H and O–H groups in total. The van der Waals surface area contributed by atoms with Gasteiger partial charge in [0.2, 0.25) is 0 Å². The lowest BCUT2D eigenvalue weighted by atomic mass is 9.98. The molecule has 4 rings (SSSR count). The molecular weight excluding hydrogens is 441 g/mol. The standard InChI is InChI=1S/C25H29F3N6/c1-4-8-22-23(25(26,27)28)34(17(3)5-2)16-33(22)15-18-11-13-19(14-12-18)20-9-6-7-10-21(20)24-29-31-32-30-24/h6-7,9-14,17H,4-5,8,15-16H2,1-3H3,(H,29,30,31,32). The molecule has 0 saturated carbocycles. The molecular formula is C25H29F3N6. The monoisotopic (exact) mass is 470 g/mol. The average molecular weight is 471 g/mol. The van der Waals surface area contributed by atoms with E-state index in [9.17, 15) is 13.2 Å². The van der Waals surface area contributed by atoms with Crippen molar-refractivity contribution in [2.45, 2.75) is 58.8 Å². The van der Waals surface area contributed by atoms with Gasteiger partial charge in [-0.2, -0.15) is 13.2 Å². The van der Waals surface area contributed by atoms with Gasteiger partial charge in [0.1, 0.15) is 5.70 Å². The zero-order valence-corrected chi connectivity index (χ0v) is 19.6. The summed E-state index contributed by atoms with van der Waals surface area (Å²) < 4.78 is 42.1. The SMILES string of the molecule is CCCC1=C(C(F)(F)F)N(C(C)CC)CN1Cc1ccc(-c2ccccc2-c2nnn[nH]2)cc1. The van der Waals surface area contributed by atoms with E-state index in [1.807, 2.05) is 74.2 Å². The summed E-state index contributed by atoms with van der Waals surface area (Å²) in [5, 5.41) is 14.1. The van der Waals surface area contributed by atoms with Gasteiger partial charge in [-0.1, -0.05) is 68.8 Å². The number of benzene rings is 2. The summed E-state index contributed by atoms with van der Waals surface area (Å²) in [5.41, 5.74) is 3.72. The van der Waals surface area contributed by atoms with E-state index in [-0.39, 0.29) is 12.7 Å². The molecule has 2 aromatic carbocycles.